The first-order chi connectivity index (χ1) is 7.06. The molecule has 0 saturated heterocycles. The minimum absolute atomic E-state index is 0.0726. The number of Topliss-reactive ketones (excluding diaryl/α,β-unsaturated/α-hetero) is 1. The van der Waals surface area contributed by atoms with E-state index in [1.165, 1.54) is 0 Å². The van der Waals surface area contributed by atoms with Gasteiger partial charge < -0.3 is 0 Å². The zero-order valence-corrected chi connectivity index (χ0v) is 9.23. The average Bonchev–Trinajstić information content (AvgIpc) is 2.17. The topological polar surface area (TPSA) is 17.1 Å². The highest BCUT2D eigenvalue weighted by Crippen LogP contribution is 2.24. The van der Waals surface area contributed by atoms with Gasteiger partial charge in [0.1, 0.15) is 5.82 Å². The van der Waals surface area contributed by atoms with Crippen molar-refractivity contribution in [2.24, 2.45) is 0 Å². The zero-order valence-electron chi connectivity index (χ0n) is 7.64. The lowest BCUT2D eigenvalue weighted by Gasteiger charge is -2.07. The van der Waals surface area contributed by atoms with E-state index in [0.717, 1.165) is 18.2 Å². The number of carbonyl (C=O) groups is 1. The smallest absolute Gasteiger partial charge is 0.264 e. The van der Waals surface area contributed by atoms with Gasteiger partial charge in [-0.15, -0.1) is 0 Å². The lowest BCUT2D eigenvalue weighted by molar-refractivity contribution is 0.0975. The van der Waals surface area contributed by atoms with E-state index < -0.39 is 23.6 Å². The predicted octanol–water partition coefficient (Wildman–Crippen LogP) is 3.73. The number of halogens is 4. The Labute approximate surface area is 93.4 Å². The Morgan fingerprint density at radius 3 is 2.60 bits per heavy atom. The van der Waals surface area contributed by atoms with Crippen LogP contribution in [0, 0.1) is 5.82 Å². The predicted molar refractivity (Wildman–Crippen MR) is 54.1 cm³/mol. The Kier molecular flexibility index (Phi) is 4.32. The zero-order chi connectivity index (χ0) is 11.4. The van der Waals surface area contributed by atoms with Crippen LogP contribution in [0.25, 0.3) is 0 Å². The molecule has 1 nitrogen and oxygen atoms in total. The van der Waals surface area contributed by atoms with Crippen molar-refractivity contribution >= 4 is 21.7 Å². The van der Waals surface area contributed by atoms with Crippen molar-refractivity contribution in [3.05, 3.63) is 35.1 Å². The number of rotatable bonds is 4. The van der Waals surface area contributed by atoms with Gasteiger partial charge in [-0.05, 0) is 18.2 Å². The fourth-order valence-corrected chi connectivity index (χ4v) is 1.54. The molecule has 0 N–H and O–H groups in total. The molecule has 82 valence electrons. The van der Waals surface area contributed by atoms with Crippen LogP contribution in [0.2, 0.25) is 0 Å². The van der Waals surface area contributed by atoms with Crippen LogP contribution in [-0.2, 0) is 0 Å². The van der Waals surface area contributed by atoms with E-state index in [1.54, 1.807) is 0 Å². The van der Waals surface area contributed by atoms with E-state index in [2.05, 4.69) is 15.9 Å². The normalized spacial score (nSPS) is 10.7. The molecule has 1 rings (SSSR count). The van der Waals surface area contributed by atoms with Gasteiger partial charge in [-0.1, -0.05) is 15.9 Å². The molecule has 0 saturated carbocycles. The van der Waals surface area contributed by atoms with Crippen molar-refractivity contribution in [2.75, 3.05) is 5.33 Å². The summed E-state index contributed by atoms with van der Waals surface area (Å²) in [6, 6.07) is 2.72. The van der Waals surface area contributed by atoms with Crippen LogP contribution in [0.1, 0.15) is 28.8 Å². The second-order valence-corrected chi connectivity index (χ2v) is 3.69. The minimum Gasteiger partial charge on any atom is -0.294 e. The molecule has 0 atom stereocenters. The fraction of sp³-hybridized carbons (Fsp3) is 0.300. The van der Waals surface area contributed by atoms with Crippen molar-refractivity contribution in [1.82, 2.24) is 0 Å². The summed E-state index contributed by atoms with van der Waals surface area (Å²) in [4.78, 5) is 11.4. The van der Waals surface area contributed by atoms with Crippen LogP contribution >= 0.6 is 15.9 Å². The quantitative estimate of drug-likeness (QED) is 0.607. The number of carbonyl (C=O) groups excluding carboxylic acids is 1. The molecule has 0 aliphatic carbocycles. The molecule has 0 aliphatic rings. The van der Waals surface area contributed by atoms with Gasteiger partial charge >= 0.3 is 0 Å². The maximum atomic E-state index is 12.8. The molecule has 0 aliphatic heterocycles. The Balaban J connectivity index is 3.12. The largest absolute Gasteiger partial charge is 0.294 e. The molecule has 0 bridgehead atoms. The summed E-state index contributed by atoms with van der Waals surface area (Å²) in [7, 11) is 0. The Bertz CT molecular complexity index is 366. The monoisotopic (exact) mass is 280 g/mol. The van der Waals surface area contributed by atoms with E-state index in [1.807, 2.05) is 0 Å². The van der Waals surface area contributed by atoms with E-state index in [4.69, 9.17) is 0 Å². The molecular weight excluding hydrogens is 273 g/mol. The maximum absolute atomic E-state index is 12.8. The third-order valence-corrected chi connectivity index (χ3v) is 2.27. The van der Waals surface area contributed by atoms with Crippen LogP contribution < -0.4 is 0 Å². The standard InChI is InChI=1S/C10H8BrF3O/c11-4-3-9(15)8-5-6(12)1-2-7(8)10(13)14/h1-2,5,10H,3-4H2. The summed E-state index contributed by atoms with van der Waals surface area (Å²) in [6.45, 7) is 0. The summed E-state index contributed by atoms with van der Waals surface area (Å²) in [5.74, 6) is -1.17. The van der Waals surface area contributed by atoms with Crippen molar-refractivity contribution in [3.63, 3.8) is 0 Å². The van der Waals surface area contributed by atoms with Crippen molar-refractivity contribution in [3.8, 4) is 0 Å². The molecule has 0 heterocycles. The summed E-state index contributed by atoms with van der Waals surface area (Å²) in [5, 5.41) is 0.366. The number of benzene rings is 1. The minimum atomic E-state index is -2.76. The van der Waals surface area contributed by atoms with Crippen molar-refractivity contribution in [2.45, 2.75) is 12.8 Å². The molecule has 0 fully saturated rings. The SMILES string of the molecule is O=C(CCBr)c1cc(F)ccc1C(F)F. The molecule has 1 aromatic rings. The van der Waals surface area contributed by atoms with Crippen LogP contribution in [0.3, 0.4) is 0 Å². The van der Waals surface area contributed by atoms with Gasteiger partial charge in [-0.3, -0.25) is 4.79 Å². The number of alkyl halides is 3. The van der Waals surface area contributed by atoms with E-state index in [0.29, 0.717) is 5.33 Å². The van der Waals surface area contributed by atoms with Crippen LogP contribution in [0.4, 0.5) is 13.2 Å². The summed E-state index contributed by atoms with van der Waals surface area (Å²) in [6.07, 6.45) is -2.69. The third kappa shape index (κ3) is 3.06. The maximum Gasteiger partial charge on any atom is 0.264 e. The molecule has 0 radical (unpaired) electrons. The van der Waals surface area contributed by atoms with E-state index >= 15 is 0 Å². The Hall–Kier alpha value is -0.840. The highest BCUT2D eigenvalue weighted by molar-refractivity contribution is 9.09. The lowest BCUT2D eigenvalue weighted by atomic mass is 10.0. The molecule has 0 amide bonds. The number of hydrogen-bond acceptors (Lipinski definition) is 1. The highest BCUT2D eigenvalue weighted by Gasteiger charge is 2.18. The molecule has 0 spiro atoms. The fourth-order valence-electron chi connectivity index (χ4n) is 1.18. The molecule has 15 heavy (non-hydrogen) atoms. The lowest BCUT2D eigenvalue weighted by Crippen LogP contribution is -2.05. The average molecular weight is 281 g/mol. The molecule has 1 aromatic carbocycles. The van der Waals surface area contributed by atoms with Crippen LogP contribution in [-0.4, -0.2) is 11.1 Å². The Morgan fingerprint density at radius 2 is 2.07 bits per heavy atom. The van der Waals surface area contributed by atoms with Gasteiger partial charge in [0.2, 0.25) is 0 Å². The van der Waals surface area contributed by atoms with Crippen molar-refractivity contribution < 1.29 is 18.0 Å². The summed E-state index contributed by atoms with van der Waals surface area (Å²) >= 11 is 3.03. The highest BCUT2D eigenvalue weighted by atomic mass is 79.9. The molecule has 5 heteroatoms. The molecular formula is C10H8BrF3O. The molecule has 0 aromatic heterocycles. The van der Waals surface area contributed by atoms with Gasteiger partial charge in [0.05, 0.1) is 0 Å². The van der Waals surface area contributed by atoms with Crippen LogP contribution in [0.15, 0.2) is 18.2 Å². The second-order valence-electron chi connectivity index (χ2n) is 2.89. The van der Waals surface area contributed by atoms with Gasteiger partial charge in [0.25, 0.3) is 6.43 Å². The van der Waals surface area contributed by atoms with Crippen molar-refractivity contribution in [1.29, 1.82) is 0 Å². The summed E-state index contributed by atoms with van der Waals surface area (Å²) in [5.41, 5.74) is -0.646. The number of hydrogen-bond donors (Lipinski definition) is 0. The summed E-state index contributed by atoms with van der Waals surface area (Å²) < 4.78 is 37.7. The first kappa shape index (κ1) is 12.2. The van der Waals surface area contributed by atoms with Gasteiger partial charge in [0.15, 0.2) is 5.78 Å². The first-order valence-corrected chi connectivity index (χ1v) is 5.35. The van der Waals surface area contributed by atoms with Gasteiger partial charge in [0, 0.05) is 22.9 Å². The third-order valence-electron chi connectivity index (χ3n) is 1.87. The first-order valence-electron chi connectivity index (χ1n) is 4.23. The molecule has 0 unspecified atom stereocenters. The second kappa shape index (κ2) is 5.30. The van der Waals surface area contributed by atoms with E-state index in [-0.39, 0.29) is 12.0 Å². The van der Waals surface area contributed by atoms with Gasteiger partial charge in [-0.2, -0.15) is 0 Å². The van der Waals surface area contributed by atoms with Crippen LogP contribution in [0.5, 0.6) is 0 Å². The Morgan fingerprint density at radius 1 is 1.40 bits per heavy atom. The van der Waals surface area contributed by atoms with E-state index in [9.17, 15) is 18.0 Å². The van der Waals surface area contributed by atoms with Gasteiger partial charge in [-0.25, -0.2) is 13.2 Å². The number of ketones is 1.